The highest BCUT2D eigenvalue weighted by atomic mass is 16.7. The first-order valence-corrected chi connectivity index (χ1v) is 6.78. The molecule has 0 N–H and O–H groups in total. The van der Waals surface area contributed by atoms with Crippen molar-refractivity contribution < 1.29 is 19.2 Å². The molecule has 0 atom stereocenters. The van der Waals surface area contributed by atoms with Crippen molar-refractivity contribution in [1.82, 2.24) is 9.80 Å². The van der Waals surface area contributed by atoms with Crippen LogP contribution in [0.25, 0.3) is 0 Å². The van der Waals surface area contributed by atoms with Gasteiger partial charge in [-0.05, 0) is 7.05 Å². The molecule has 0 fully saturated rings. The van der Waals surface area contributed by atoms with Gasteiger partial charge in [-0.25, -0.2) is 0 Å². The number of hydrogen-bond donors (Lipinski definition) is 0. The molecule has 0 bridgehead atoms. The van der Waals surface area contributed by atoms with E-state index in [0.29, 0.717) is 23.4 Å². The highest BCUT2D eigenvalue weighted by Gasteiger charge is 2.22. The van der Waals surface area contributed by atoms with E-state index >= 15 is 0 Å². The van der Waals surface area contributed by atoms with Crippen molar-refractivity contribution in [1.29, 1.82) is 0 Å². The fourth-order valence-corrected chi connectivity index (χ4v) is 2.22. The normalized spacial score (nSPS) is 13.5. The first kappa shape index (κ1) is 16.2. The van der Waals surface area contributed by atoms with Gasteiger partial charge in [-0.2, -0.15) is 0 Å². The Kier molecular flexibility index (Phi) is 4.94. The Morgan fingerprint density at radius 2 is 2.09 bits per heavy atom. The van der Waals surface area contributed by atoms with Gasteiger partial charge in [0.2, 0.25) is 5.91 Å². The molecule has 0 aromatic heterocycles. The molecule has 0 radical (unpaired) electrons. The molecule has 0 unspecified atom stereocenters. The van der Waals surface area contributed by atoms with Gasteiger partial charge >= 0.3 is 0 Å². The predicted molar refractivity (Wildman–Crippen MR) is 78.4 cm³/mol. The highest BCUT2D eigenvalue weighted by molar-refractivity contribution is 5.77. The van der Waals surface area contributed by atoms with Crippen molar-refractivity contribution in [2.75, 3.05) is 34.5 Å². The number of carbonyl (C=O) groups is 1. The molecule has 1 aliphatic heterocycles. The fraction of sp³-hybridized carbons (Fsp3) is 0.500. The van der Waals surface area contributed by atoms with Gasteiger partial charge in [-0.15, -0.1) is 0 Å². The van der Waals surface area contributed by atoms with Crippen LogP contribution in [0.2, 0.25) is 0 Å². The number of rotatable bonds is 5. The van der Waals surface area contributed by atoms with Gasteiger partial charge in [0.15, 0.2) is 6.79 Å². The molecule has 0 saturated heterocycles. The second kappa shape index (κ2) is 6.71. The molecule has 1 heterocycles. The van der Waals surface area contributed by atoms with E-state index in [1.165, 1.54) is 17.0 Å². The Hall–Kier alpha value is -2.19. The highest BCUT2D eigenvalue weighted by Crippen LogP contribution is 2.33. The number of benzene rings is 1. The summed E-state index contributed by atoms with van der Waals surface area (Å²) in [7, 11) is 5.16. The van der Waals surface area contributed by atoms with Gasteiger partial charge < -0.3 is 14.4 Å². The van der Waals surface area contributed by atoms with Crippen LogP contribution in [0, 0.1) is 10.1 Å². The van der Waals surface area contributed by atoms with Gasteiger partial charge in [-0.1, -0.05) is 0 Å². The first-order chi connectivity index (χ1) is 10.4. The Balaban J connectivity index is 2.23. The Labute approximate surface area is 128 Å². The maximum Gasteiger partial charge on any atom is 0.270 e. The van der Waals surface area contributed by atoms with Crippen LogP contribution in [-0.2, 0) is 22.7 Å². The quantitative estimate of drug-likeness (QED) is 0.595. The summed E-state index contributed by atoms with van der Waals surface area (Å²) in [6.07, 6.45) is 0. The van der Waals surface area contributed by atoms with Crippen LogP contribution in [0.4, 0.5) is 5.69 Å². The zero-order valence-electron chi connectivity index (χ0n) is 12.9. The van der Waals surface area contributed by atoms with E-state index in [0.717, 1.165) is 0 Å². The van der Waals surface area contributed by atoms with Crippen molar-refractivity contribution in [3.05, 3.63) is 33.4 Å². The zero-order chi connectivity index (χ0) is 16.3. The van der Waals surface area contributed by atoms with Gasteiger partial charge in [0, 0.05) is 43.9 Å². The lowest BCUT2D eigenvalue weighted by Gasteiger charge is -2.24. The molecule has 1 aliphatic rings. The number of nitrogens with zero attached hydrogens (tertiary/aromatic N) is 3. The standard InChI is InChI=1S/C14H19N3O5/c1-15(2)13(18)7-16(3)6-10-4-12(17(19)20)5-11-8-21-9-22-14(10)11/h4-5H,6-9H2,1-3H3. The van der Waals surface area contributed by atoms with Gasteiger partial charge in [0.1, 0.15) is 5.75 Å². The van der Waals surface area contributed by atoms with Crippen LogP contribution >= 0.6 is 0 Å². The third kappa shape index (κ3) is 3.71. The summed E-state index contributed by atoms with van der Waals surface area (Å²) in [6.45, 7) is 1.01. The van der Waals surface area contributed by atoms with Gasteiger partial charge in [-0.3, -0.25) is 19.8 Å². The largest absolute Gasteiger partial charge is 0.467 e. The lowest BCUT2D eigenvalue weighted by molar-refractivity contribution is -0.385. The zero-order valence-corrected chi connectivity index (χ0v) is 12.9. The maximum absolute atomic E-state index is 11.7. The molecule has 1 amide bonds. The lowest BCUT2D eigenvalue weighted by Crippen LogP contribution is -2.34. The third-order valence-electron chi connectivity index (χ3n) is 3.33. The number of likely N-dealkylation sites (N-methyl/N-ethyl adjacent to an activating group) is 2. The molecule has 8 heteroatoms. The van der Waals surface area contributed by atoms with Crippen LogP contribution in [0.3, 0.4) is 0 Å². The van der Waals surface area contributed by atoms with Gasteiger partial charge in [0.25, 0.3) is 5.69 Å². The number of carbonyl (C=O) groups excluding carboxylic acids is 1. The SMILES string of the molecule is CN(CC(=O)N(C)C)Cc1cc([N+](=O)[O-])cc2c1OCOC2. The van der Waals surface area contributed by atoms with E-state index in [4.69, 9.17) is 9.47 Å². The van der Waals surface area contributed by atoms with E-state index in [1.807, 2.05) is 0 Å². The molecule has 0 spiro atoms. The average Bonchev–Trinajstić information content (AvgIpc) is 2.46. The third-order valence-corrected chi connectivity index (χ3v) is 3.33. The molecule has 120 valence electrons. The summed E-state index contributed by atoms with van der Waals surface area (Å²) in [5.74, 6) is 0.576. The number of non-ortho nitro benzene ring substituents is 1. The number of hydrogen-bond acceptors (Lipinski definition) is 6. The monoisotopic (exact) mass is 309 g/mol. The Morgan fingerprint density at radius 1 is 1.36 bits per heavy atom. The van der Waals surface area contributed by atoms with Crippen LogP contribution in [0.5, 0.6) is 5.75 Å². The maximum atomic E-state index is 11.7. The van der Waals surface area contributed by atoms with E-state index < -0.39 is 4.92 Å². The molecular formula is C14H19N3O5. The second-order valence-electron chi connectivity index (χ2n) is 5.42. The Bertz CT molecular complexity index is 588. The average molecular weight is 309 g/mol. The van der Waals surface area contributed by atoms with Gasteiger partial charge in [0.05, 0.1) is 18.1 Å². The molecule has 0 saturated carbocycles. The number of ether oxygens (including phenoxy) is 2. The minimum Gasteiger partial charge on any atom is -0.467 e. The lowest BCUT2D eigenvalue weighted by atomic mass is 10.1. The number of nitro benzene ring substituents is 1. The number of fused-ring (bicyclic) bond motifs is 1. The molecule has 2 rings (SSSR count). The summed E-state index contributed by atoms with van der Waals surface area (Å²) in [4.78, 5) is 25.6. The van der Waals surface area contributed by atoms with Crippen LogP contribution in [-0.4, -0.2) is 55.1 Å². The van der Waals surface area contributed by atoms with Crippen molar-refractivity contribution in [2.45, 2.75) is 13.2 Å². The van der Waals surface area contributed by atoms with Crippen LogP contribution < -0.4 is 4.74 Å². The van der Waals surface area contributed by atoms with Crippen molar-refractivity contribution in [2.24, 2.45) is 0 Å². The van der Waals surface area contributed by atoms with E-state index in [-0.39, 0.29) is 31.5 Å². The fourth-order valence-electron chi connectivity index (χ4n) is 2.22. The van der Waals surface area contributed by atoms with E-state index in [1.54, 1.807) is 26.0 Å². The van der Waals surface area contributed by atoms with Crippen LogP contribution in [0.1, 0.15) is 11.1 Å². The topological polar surface area (TPSA) is 85.2 Å². The minimum absolute atomic E-state index is 0.00446. The summed E-state index contributed by atoms with van der Waals surface area (Å²) in [5.41, 5.74) is 1.33. The molecule has 0 aliphatic carbocycles. The molecule has 1 aromatic carbocycles. The van der Waals surface area contributed by atoms with Crippen molar-refractivity contribution >= 4 is 11.6 Å². The van der Waals surface area contributed by atoms with E-state index in [9.17, 15) is 14.9 Å². The van der Waals surface area contributed by atoms with Crippen molar-refractivity contribution in [3.8, 4) is 5.75 Å². The summed E-state index contributed by atoms with van der Waals surface area (Å²) in [6, 6.07) is 2.95. The minimum atomic E-state index is -0.441. The summed E-state index contributed by atoms with van der Waals surface area (Å²) in [5, 5.41) is 11.0. The predicted octanol–water partition coefficient (Wildman–Crippen LogP) is 0.981. The summed E-state index contributed by atoms with van der Waals surface area (Å²) >= 11 is 0. The molecule has 22 heavy (non-hydrogen) atoms. The smallest absolute Gasteiger partial charge is 0.270 e. The molecule has 1 aromatic rings. The second-order valence-corrected chi connectivity index (χ2v) is 5.42. The van der Waals surface area contributed by atoms with Crippen LogP contribution in [0.15, 0.2) is 12.1 Å². The number of amides is 1. The molecular weight excluding hydrogens is 290 g/mol. The number of nitro groups is 1. The Morgan fingerprint density at radius 3 is 2.73 bits per heavy atom. The first-order valence-electron chi connectivity index (χ1n) is 6.78. The summed E-state index contributed by atoms with van der Waals surface area (Å²) < 4.78 is 10.6. The molecule has 8 nitrogen and oxygen atoms in total. The van der Waals surface area contributed by atoms with Crippen molar-refractivity contribution in [3.63, 3.8) is 0 Å². The van der Waals surface area contributed by atoms with E-state index in [2.05, 4.69) is 0 Å².